The third kappa shape index (κ3) is 2.49. The maximum Gasteiger partial charge on any atom is 0.351 e. The summed E-state index contributed by atoms with van der Waals surface area (Å²) in [6.07, 6.45) is -3.76. The number of hydrogen-bond donors (Lipinski definition) is 5. The van der Waals surface area contributed by atoms with Gasteiger partial charge in [-0.2, -0.15) is 4.98 Å². The molecule has 1 aromatic heterocycles. The zero-order chi connectivity index (χ0) is 15.8. The van der Waals surface area contributed by atoms with Crippen molar-refractivity contribution < 1.29 is 24.9 Å². The van der Waals surface area contributed by atoms with Crippen molar-refractivity contribution in [3.05, 3.63) is 22.7 Å². The average molecular weight is 300 g/mol. The highest BCUT2D eigenvalue weighted by atomic mass is 16.6. The van der Waals surface area contributed by atoms with Crippen LogP contribution in [-0.2, 0) is 15.3 Å². The van der Waals surface area contributed by atoms with E-state index in [0.717, 1.165) is 4.57 Å². The van der Waals surface area contributed by atoms with Crippen molar-refractivity contribution in [3.63, 3.8) is 0 Å². The van der Waals surface area contributed by atoms with Crippen LogP contribution in [-0.4, -0.2) is 55.7 Å². The fourth-order valence-corrected chi connectivity index (χ4v) is 2.40. The highest BCUT2D eigenvalue weighted by Crippen LogP contribution is 2.37. The molecule has 1 aliphatic rings. The smallest absolute Gasteiger partial charge is 0.351 e. The van der Waals surface area contributed by atoms with Gasteiger partial charge in [-0.1, -0.05) is 0 Å². The summed E-state index contributed by atoms with van der Waals surface area (Å²) in [5, 5.41) is 29.2. The zero-order valence-electron chi connectivity index (χ0n) is 10.9. The summed E-state index contributed by atoms with van der Waals surface area (Å²) in [5.74, 6) is -0.930. The maximum atomic E-state index is 11.9. The number of nitrogen functional groups attached to an aromatic ring is 1. The lowest BCUT2D eigenvalue weighted by molar-refractivity contribution is -0.163. The highest BCUT2D eigenvalue weighted by molar-refractivity contribution is 5.74. The number of ether oxygens (including phenoxy) is 1. The first-order valence-corrected chi connectivity index (χ1v) is 6.10. The largest absolute Gasteiger partial charge is 0.394 e. The van der Waals surface area contributed by atoms with Gasteiger partial charge in [0.15, 0.2) is 5.72 Å². The van der Waals surface area contributed by atoms with Gasteiger partial charge in [0.25, 0.3) is 0 Å². The third-order valence-corrected chi connectivity index (χ3v) is 3.36. The molecule has 0 bridgehead atoms. The Morgan fingerprint density at radius 3 is 2.67 bits per heavy atom. The van der Waals surface area contributed by atoms with Crippen molar-refractivity contribution in [2.24, 2.45) is 5.73 Å². The van der Waals surface area contributed by atoms with Gasteiger partial charge in [0.05, 0.1) is 13.0 Å². The number of aliphatic hydroxyl groups excluding tert-OH is 3. The molecule has 116 valence electrons. The summed E-state index contributed by atoms with van der Waals surface area (Å²) < 4.78 is 6.20. The molecule has 10 heteroatoms. The van der Waals surface area contributed by atoms with Gasteiger partial charge >= 0.3 is 5.69 Å². The average Bonchev–Trinajstić information content (AvgIpc) is 2.63. The molecule has 1 amide bonds. The molecule has 0 spiro atoms. The molecule has 7 N–H and O–H groups in total. The zero-order valence-corrected chi connectivity index (χ0v) is 10.9. The molecule has 1 aromatic rings. The molecule has 1 aliphatic heterocycles. The van der Waals surface area contributed by atoms with Gasteiger partial charge in [-0.25, -0.2) is 4.79 Å². The highest BCUT2D eigenvalue weighted by Gasteiger charge is 2.56. The first-order chi connectivity index (χ1) is 9.81. The molecule has 0 aliphatic carbocycles. The van der Waals surface area contributed by atoms with E-state index < -0.39 is 48.7 Å². The van der Waals surface area contributed by atoms with Crippen LogP contribution in [0.15, 0.2) is 17.1 Å². The van der Waals surface area contributed by atoms with E-state index in [2.05, 4.69) is 4.98 Å². The van der Waals surface area contributed by atoms with E-state index >= 15 is 0 Å². The number of hydrogen-bond acceptors (Lipinski definition) is 8. The van der Waals surface area contributed by atoms with Crippen molar-refractivity contribution in [1.82, 2.24) is 9.55 Å². The van der Waals surface area contributed by atoms with Crippen LogP contribution < -0.4 is 17.2 Å². The van der Waals surface area contributed by atoms with Gasteiger partial charge in [-0.15, -0.1) is 0 Å². The van der Waals surface area contributed by atoms with Gasteiger partial charge in [-0.3, -0.25) is 9.36 Å². The molecule has 1 saturated heterocycles. The number of aromatic nitrogens is 2. The molecule has 0 radical (unpaired) electrons. The molecule has 0 unspecified atom stereocenters. The van der Waals surface area contributed by atoms with Gasteiger partial charge < -0.3 is 31.5 Å². The van der Waals surface area contributed by atoms with E-state index in [4.69, 9.17) is 21.3 Å². The molecular weight excluding hydrogens is 284 g/mol. The summed E-state index contributed by atoms with van der Waals surface area (Å²) >= 11 is 0. The molecule has 21 heavy (non-hydrogen) atoms. The second kappa shape index (κ2) is 5.41. The van der Waals surface area contributed by atoms with Crippen molar-refractivity contribution >= 4 is 11.7 Å². The van der Waals surface area contributed by atoms with Crippen LogP contribution in [0.5, 0.6) is 0 Å². The number of carbonyl (C=O) groups is 1. The number of rotatable bonds is 4. The summed E-state index contributed by atoms with van der Waals surface area (Å²) in [4.78, 5) is 26.7. The predicted molar refractivity (Wildman–Crippen MR) is 68.7 cm³/mol. The van der Waals surface area contributed by atoms with Gasteiger partial charge in [0, 0.05) is 6.20 Å². The fraction of sp³-hybridized carbons (Fsp3) is 0.545. The summed E-state index contributed by atoms with van der Waals surface area (Å²) in [6, 6.07) is 1.26. The van der Waals surface area contributed by atoms with E-state index in [-0.39, 0.29) is 5.82 Å². The van der Waals surface area contributed by atoms with Crippen LogP contribution in [0, 0.1) is 0 Å². The van der Waals surface area contributed by atoms with Crippen molar-refractivity contribution in [2.75, 3.05) is 12.3 Å². The molecule has 0 aromatic carbocycles. The normalized spacial score (nSPS) is 32.2. The van der Waals surface area contributed by atoms with Crippen LogP contribution in [0.2, 0.25) is 0 Å². The SMILES string of the molecule is NC(=O)C[C@@]1(n2ccc(N)nc2=O)O[C@H](CO)[C@@H](O)[C@H]1O. The van der Waals surface area contributed by atoms with Crippen molar-refractivity contribution in [1.29, 1.82) is 0 Å². The number of nitrogens with zero attached hydrogens (tertiary/aromatic N) is 2. The Bertz CT molecular complexity index is 605. The van der Waals surface area contributed by atoms with Gasteiger partial charge in [-0.05, 0) is 6.07 Å². The predicted octanol–water partition coefficient (Wildman–Crippen LogP) is -3.53. The molecule has 0 saturated carbocycles. The van der Waals surface area contributed by atoms with E-state index in [1.165, 1.54) is 12.3 Å². The second-order valence-corrected chi connectivity index (χ2v) is 4.77. The molecule has 4 atom stereocenters. The number of amides is 1. The van der Waals surface area contributed by atoms with Gasteiger partial charge in [0.1, 0.15) is 24.1 Å². The number of primary amides is 1. The topological polar surface area (TPSA) is 174 Å². The van der Waals surface area contributed by atoms with Crippen LogP contribution in [0.3, 0.4) is 0 Å². The lowest BCUT2D eigenvalue weighted by Crippen LogP contribution is -2.52. The minimum atomic E-state index is -1.95. The number of nitrogens with two attached hydrogens (primary N) is 2. The third-order valence-electron chi connectivity index (χ3n) is 3.36. The maximum absolute atomic E-state index is 11.9. The van der Waals surface area contributed by atoms with Crippen molar-refractivity contribution in [3.8, 4) is 0 Å². The minimum Gasteiger partial charge on any atom is -0.394 e. The van der Waals surface area contributed by atoms with E-state index in [9.17, 15) is 19.8 Å². The number of anilines is 1. The molecule has 1 fully saturated rings. The first-order valence-electron chi connectivity index (χ1n) is 6.10. The summed E-state index contributed by atoms with van der Waals surface area (Å²) in [5.41, 5.74) is 7.68. The van der Waals surface area contributed by atoms with Crippen LogP contribution in [0.1, 0.15) is 6.42 Å². The van der Waals surface area contributed by atoms with E-state index in [0.29, 0.717) is 0 Å². The van der Waals surface area contributed by atoms with E-state index in [1.807, 2.05) is 0 Å². The lowest BCUT2D eigenvalue weighted by atomic mass is 9.98. The molecular formula is C11H16N4O6. The monoisotopic (exact) mass is 300 g/mol. The van der Waals surface area contributed by atoms with Crippen LogP contribution in [0.25, 0.3) is 0 Å². The fourth-order valence-electron chi connectivity index (χ4n) is 2.40. The molecule has 2 rings (SSSR count). The Morgan fingerprint density at radius 1 is 1.52 bits per heavy atom. The second-order valence-electron chi connectivity index (χ2n) is 4.77. The van der Waals surface area contributed by atoms with Crippen LogP contribution in [0.4, 0.5) is 5.82 Å². The van der Waals surface area contributed by atoms with Crippen molar-refractivity contribution in [2.45, 2.75) is 30.5 Å². The minimum absolute atomic E-state index is 0.0581. The standard InChI is InChI=1S/C11H16N4O6/c12-6-1-2-15(10(20)14-6)11(3-7(13)17)9(19)8(18)5(4-16)21-11/h1-2,5,8-9,16,18-19H,3-4H2,(H2,13,17)(H2,12,14,20)/t5-,8-,9-,11-/m1/s1. The van der Waals surface area contributed by atoms with E-state index in [1.54, 1.807) is 0 Å². The quantitative estimate of drug-likeness (QED) is 0.380. The lowest BCUT2D eigenvalue weighted by Gasteiger charge is -2.32. The number of carbonyl (C=O) groups excluding carboxylic acids is 1. The Morgan fingerprint density at radius 2 is 2.19 bits per heavy atom. The first kappa shape index (κ1) is 15.4. The molecule has 2 heterocycles. The van der Waals surface area contributed by atoms with Gasteiger partial charge in [0.2, 0.25) is 5.91 Å². The summed E-state index contributed by atoms with van der Waals surface area (Å²) in [7, 11) is 0. The summed E-state index contributed by atoms with van der Waals surface area (Å²) in [6.45, 7) is -0.615. The Hall–Kier alpha value is -2.01. The molecule has 10 nitrogen and oxygen atoms in total. The Kier molecular flexibility index (Phi) is 3.96. The Balaban J connectivity index is 2.58. The van der Waals surface area contributed by atoms with Crippen LogP contribution >= 0.6 is 0 Å². The Labute approximate surface area is 118 Å². The number of aliphatic hydroxyl groups is 3.